The number of esters is 2. The second-order valence-corrected chi connectivity index (χ2v) is 25.2. The molecule has 6 aromatic rings. The molecule has 6 saturated heterocycles. The number of pyridine rings is 3. The monoisotopic (exact) mass is 1410 g/mol. The van der Waals surface area contributed by atoms with Crippen LogP contribution in [-0.2, 0) is 57.0 Å². The fourth-order valence-corrected chi connectivity index (χ4v) is 11.4. The molecule has 6 aliphatic rings. The number of aromatic nitrogens is 9. The molecule has 5 N–H and O–H groups in total. The van der Waals surface area contributed by atoms with E-state index in [1.807, 2.05) is 39.0 Å². The van der Waals surface area contributed by atoms with Crippen LogP contribution >= 0.6 is 0 Å². The number of rotatable bonds is 18. The first-order chi connectivity index (χ1) is 49.3. The summed E-state index contributed by atoms with van der Waals surface area (Å²) in [6, 6.07) is 10.8. The smallest absolute Gasteiger partial charge is 0.415 e. The van der Waals surface area contributed by atoms with Gasteiger partial charge in [-0.1, -0.05) is 13.8 Å². The highest BCUT2D eigenvalue weighted by molar-refractivity contribution is 5.94. The predicted molar refractivity (Wildman–Crippen MR) is 381 cm³/mol. The second kappa shape index (κ2) is 36.7. The quantitative estimate of drug-likeness (QED) is 0.0552. The van der Waals surface area contributed by atoms with E-state index in [2.05, 4.69) is 71.1 Å². The van der Waals surface area contributed by atoms with Gasteiger partial charge in [-0.15, -0.1) is 0 Å². The largest absolute Gasteiger partial charge is 0.428 e. The van der Waals surface area contributed by atoms with E-state index < -0.39 is 43.2 Å². The van der Waals surface area contributed by atoms with Crippen molar-refractivity contribution in [1.82, 2.24) is 44.9 Å². The Kier molecular flexibility index (Phi) is 26.9. The summed E-state index contributed by atoms with van der Waals surface area (Å²) in [6.07, 6.45) is 6.04. The molecule has 0 bridgehead atoms. The molecule has 6 aromatic heterocycles. The van der Waals surface area contributed by atoms with Crippen molar-refractivity contribution >= 4 is 82.4 Å². The lowest BCUT2D eigenvalue weighted by Crippen LogP contribution is -2.39. The number of carbonyl (C=O) groups is 5. The Morgan fingerprint density at radius 2 is 0.745 bits per heavy atom. The van der Waals surface area contributed by atoms with E-state index in [1.54, 1.807) is 51.5 Å². The molecular formula is C69H93N19O14. The SMILES string of the molecule is CC(=O)OCOC(=O)Nc1cc(C)c(-c2nc(N3CCOCC3)cc(N3CCOCC3)n2)cn1.Cc1cc(NC(=O)OC(C)OC(=O)C(C)C)ncc1-c1nc(N2CCOCC2)cc(N2CCOCC2)n1.Cc1cc(NC(=O)[C@H](C)N)ncc1-c1nc(N2CCCCC2)cc(N2CCOCC2)n1. The van der Waals surface area contributed by atoms with Crippen LogP contribution in [0.1, 0.15) is 70.6 Å². The van der Waals surface area contributed by atoms with Crippen LogP contribution in [0.4, 0.5) is 61.9 Å². The van der Waals surface area contributed by atoms with Crippen molar-refractivity contribution in [2.75, 3.05) is 197 Å². The molecule has 6 fully saturated rings. The fourth-order valence-electron chi connectivity index (χ4n) is 11.4. The lowest BCUT2D eigenvalue weighted by molar-refractivity contribution is -0.168. The molecule has 0 aromatic carbocycles. The van der Waals surface area contributed by atoms with Gasteiger partial charge in [0, 0.05) is 146 Å². The first kappa shape index (κ1) is 74.9. The van der Waals surface area contributed by atoms with E-state index in [0.29, 0.717) is 101 Å². The summed E-state index contributed by atoms with van der Waals surface area (Å²) in [6.45, 7) is 29.4. The zero-order valence-corrected chi connectivity index (χ0v) is 59.3. The highest BCUT2D eigenvalue weighted by atomic mass is 16.7. The Morgan fingerprint density at radius 1 is 0.431 bits per heavy atom. The summed E-state index contributed by atoms with van der Waals surface area (Å²) in [4.78, 5) is 114. The number of hydrogen-bond acceptors (Lipinski definition) is 30. The number of aryl methyl sites for hydroxylation is 3. The summed E-state index contributed by atoms with van der Waals surface area (Å²) < 4.78 is 47.1. The molecule has 0 aliphatic carbocycles. The van der Waals surface area contributed by atoms with Crippen molar-refractivity contribution in [2.24, 2.45) is 11.7 Å². The normalized spacial score (nSPS) is 17.0. The first-order valence-electron chi connectivity index (χ1n) is 34.6. The Labute approximate surface area is 592 Å². The summed E-state index contributed by atoms with van der Waals surface area (Å²) in [7, 11) is 0. The van der Waals surface area contributed by atoms with E-state index in [9.17, 15) is 24.0 Å². The van der Waals surface area contributed by atoms with Gasteiger partial charge in [-0.05, 0) is 81.8 Å². The number of anilines is 9. The number of amides is 3. The third-order valence-electron chi connectivity index (χ3n) is 17.1. The zero-order chi connectivity index (χ0) is 72.1. The van der Waals surface area contributed by atoms with Crippen LogP contribution < -0.4 is 51.1 Å². The van der Waals surface area contributed by atoms with E-state index in [-0.39, 0.29) is 11.8 Å². The van der Waals surface area contributed by atoms with Gasteiger partial charge >= 0.3 is 24.1 Å². The summed E-state index contributed by atoms with van der Waals surface area (Å²) in [5.74, 6) is 6.49. The van der Waals surface area contributed by atoms with Crippen LogP contribution in [0.15, 0.2) is 55.0 Å². The van der Waals surface area contributed by atoms with Gasteiger partial charge in [0.15, 0.2) is 17.5 Å². The minimum absolute atomic E-state index is 0.266. The second-order valence-electron chi connectivity index (χ2n) is 25.2. The molecule has 6 aliphatic heterocycles. The number of piperidine rings is 1. The molecule has 0 spiro atoms. The summed E-state index contributed by atoms with van der Waals surface area (Å²) in [5, 5.41) is 7.83. The van der Waals surface area contributed by atoms with Crippen LogP contribution in [0.3, 0.4) is 0 Å². The molecule has 33 nitrogen and oxygen atoms in total. The lowest BCUT2D eigenvalue weighted by Gasteiger charge is -2.31. The van der Waals surface area contributed by atoms with Crippen LogP contribution in [0.5, 0.6) is 0 Å². The number of nitrogens with zero attached hydrogens (tertiary/aromatic N) is 15. The molecular weight excluding hydrogens is 1320 g/mol. The van der Waals surface area contributed by atoms with Gasteiger partial charge in [0.2, 0.25) is 19.0 Å². The summed E-state index contributed by atoms with van der Waals surface area (Å²) >= 11 is 0. The number of ether oxygens (including phenoxy) is 9. The molecule has 548 valence electrons. The van der Waals surface area contributed by atoms with Gasteiger partial charge in [0.05, 0.1) is 78.0 Å². The van der Waals surface area contributed by atoms with Crippen molar-refractivity contribution in [3.8, 4) is 34.2 Å². The van der Waals surface area contributed by atoms with Gasteiger partial charge < -0.3 is 83.1 Å². The van der Waals surface area contributed by atoms with Gasteiger partial charge in [-0.2, -0.15) is 0 Å². The van der Waals surface area contributed by atoms with Crippen LogP contribution in [0, 0.1) is 26.7 Å². The first-order valence-corrected chi connectivity index (χ1v) is 34.6. The number of morpholine rings is 5. The number of carbonyl (C=O) groups excluding carboxylic acids is 5. The van der Waals surface area contributed by atoms with Crippen molar-refractivity contribution in [3.05, 3.63) is 71.7 Å². The number of nitrogens with two attached hydrogens (primary N) is 1. The van der Waals surface area contributed by atoms with E-state index in [4.69, 9.17) is 73.5 Å². The van der Waals surface area contributed by atoms with E-state index in [1.165, 1.54) is 33.1 Å². The highest BCUT2D eigenvalue weighted by Crippen LogP contribution is 2.33. The fraction of sp³-hybridized carbons (Fsp3) is 0.536. The Bertz CT molecular complexity index is 3710. The average molecular weight is 1410 g/mol. The van der Waals surface area contributed by atoms with Gasteiger partial charge in [-0.3, -0.25) is 25.0 Å². The van der Waals surface area contributed by atoms with Crippen molar-refractivity contribution in [1.29, 1.82) is 0 Å². The molecule has 1 unspecified atom stereocenters. The van der Waals surface area contributed by atoms with E-state index >= 15 is 0 Å². The van der Waals surface area contributed by atoms with Crippen molar-refractivity contribution in [2.45, 2.75) is 87.0 Å². The topological polar surface area (TPSA) is 366 Å². The standard InChI is InChI=1S/C25H34N6O6.C22H31N7O2.C22H28N6O6/c1-16(2)24(32)36-18(4)37-25(33)27-20-13-17(3)19(15-26-20)23-28-21(30-5-9-34-10-6-30)14-22(29-23)31-7-11-35-12-8-31;1-15-12-18(25-22(30)16(2)23)24-14-17(15)21-26-19(28-6-4-3-5-7-28)13-20(27-21)29-8-10-31-11-9-29;1-15-11-18(24-22(30)34-14-33-16(2)29)23-13-17(15)21-25-19(27-3-7-31-8-4-27)12-20(26-21)28-5-9-32-10-6-28/h13-16,18H,5-12H2,1-4H3,(H,26,27,33);12-14,16H,3-11,23H2,1-2H3,(H,24,25,30);11-13H,3-10,14H2,1-2H3,(H,23,24,30)/t;16-;/m.0./s1. The number of nitrogens with one attached hydrogen (secondary N) is 3. The lowest BCUT2D eigenvalue weighted by atomic mass is 10.1. The van der Waals surface area contributed by atoms with Crippen molar-refractivity contribution < 1.29 is 66.6 Å². The Balaban J connectivity index is 0.000000165. The van der Waals surface area contributed by atoms with Crippen LogP contribution in [-0.4, -0.2) is 239 Å². The van der Waals surface area contributed by atoms with Crippen LogP contribution in [0.2, 0.25) is 0 Å². The molecule has 102 heavy (non-hydrogen) atoms. The highest BCUT2D eigenvalue weighted by Gasteiger charge is 2.26. The molecule has 12 heterocycles. The molecule has 12 rings (SSSR count). The van der Waals surface area contributed by atoms with Gasteiger partial charge in [-0.25, -0.2) is 54.4 Å². The maximum Gasteiger partial charge on any atom is 0.415 e. The van der Waals surface area contributed by atoms with Crippen LogP contribution in [0.25, 0.3) is 34.2 Å². The summed E-state index contributed by atoms with van der Waals surface area (Å²) in [5.41, 5.74) is 10.6. The molecule has 33 heteroatoms. The predicted octanol–water partition coefficient (Wildman–Crippen LogP) is 6.16. The molecule has 0 radical (unpaired) electrons. The van der Waals surface area contributed by atoms with Gasteiger partial charge in [0.25, 0.3) is 0 Å². The zero-order valence-electron chi connectivity index (χ0n) is 59.3. The number of hydrogen-bond donors (Lipinski definition) is 4. The maximum absolute atomic E-state index is 12.3. The third-order valence-corrected chi connectivity index (χ3v) is 17.1. The van der Waals surface area contributed by atoms with E-state index in [0.717, 1.165) is 147 Å². The Hall–Kier alpha value is -9.80. The Morgan fingerprint density at radius 3 is 1.05 bits per heavy atom. The molecule has 2 atom stereocenters. The maximum atomic E-state index is 12.3. The van der Waals surface area contributed by atoms with Gasteiger partial charge in [0.1, 0.15) is 52.4 Å². The minimum Gasteiger partial charge on any atom is -0.428 e. The third kappa shape index (κ3) is 21.4. The molecule has 0 saturated carbocycles. The molecule has 3 amide bonds. The van der Waals surface area contributed by atoms with Crippen molar-refractivity contribution in [3.63, 3.8) is 0 Å². The minimum atomic E-state index is -1.02. The average Bonchev–Trinajstić information content (AvgIpc) is 0.807.